The summed E-state index contributed by atoms with van der Waals surface area (Å²) in [5.74, 6) is 0.139. The molecule has 136 valence electrons. The Morgan fingerprint density at radius 1 is 1.40 bits per heavy atom. The minimum atomic E-state index is -0.597. The highest BCUT2D eigenvalue weighted by Gasteiger charge is 2.18. The van der Waals surface area contributed by atoms with Crippen molar-refractivity contribution in [1.29, 1.82) is 0 Å². The number of aromatic nitrogens is 2. The molecular formula is C17H23IN4O3. The lowest BCUT2D eigenvalue weighted by Gasteiger charge is -2.15. The Labute approximate surface area is 160 Å². The molecule has 0 unspecified atom stereocenters. The molecule has 25 heavy (non-hydrogen) atoms. The summed E-state index contributed by atoms with van der Waals surface area (Å²) >= 11 is 2.15. The summed E-state index contributed by atoms with van der Waals surface area (Å²) in [5, 5.41) is 3.72. The molecule has 0 bridgehead atoms. The molecule has 0 saturated heterocycles. The van der Waals surface area contributed by atoms with E-state index in [9.17, 15) is 9.59 Å². The molecule has 0 aliphatic heterocycles. The molecule has 0 spiro atoms. The van der Waals surface area contributed by atoms with Gasteiger partial charge in [-0.15, -0.1) is 0 Å². The number of anilines is 1. The first kappa shape index (κ1) is 19.6. The summed E-state index contributed by atoms with van der Waals surface area (Å²) < 4.78 is 7.63. The molecule has 2 aromatic heterocycles. The van der Waals surface area contributed by atoms with Crippen LogP contribution in [0.5, 0.6) is 0 Å². The average molecular weight is 458 g/mol. The van der Waals surface area contributed by atoms with Crippen molar-refractivity contribution in [2.75, 3.05) is 39.1 Å². The molecule has 0 aromatic carbocycles. The van der Waals surface area contributed by atoms with Crippen molar-refractivity contribution in [3.05, 3.63) is 31.6 Å². The van der Waals surface area contributed by atoms with Crippen LogP contribution in [0.1, 0.15) is 24.2 Å². The lowest BCUT2D eigenvalue weighted by Crippen LogP contribution is -2.23. The second kappa shape index (κ2) is 8.61. The van der Waals surface area contributed by atoms with E-state index in [2.05, 4.69) is 37.8 Å². The number of nitrogens with one attached hydrogen (secondary N) is 1. The third kappa shape index (κ3) is 4.49. The minimum Gasteiger partial charge on any atom is -0.462 e. The van der Waals surface area contributed by atoms with E-state index in [1.54, 1.807) is 17.6 Å². The second-order valence-electron chi connectivity index (χ2n) is 5.80. The van der Waals surface area contributed by atoms with Gasteiger partial charge < -0.3 is 19.5 Å². The number of esters is 1. The molecular weight excluding hydrogens is 435 g/mol. The van der Waals surface area contributed by atoms with Gasteiger partial charge in [0.1, 0.15) is 17.0 Å². The van der Waals surface area contributed by atoms with Crippen molar-refractivity contribution in [1.82, 2.24) is 14.5 Å². The van der Waals surface area contributed by atoms with Crippen LogP contribution in [-0.2, 0) is 11.3 Å². The number of hydrogen-bond acceptors (Lipinski definition) is 6. The highest BCUT2D eigenvalue weighted by atomic mass is 127. The number of carbonyl (C=O) groups excluding carboxylic acids is 1. The minimum absolute atomic E-state index is 0.0436. The predicted molar refractivity (Wildman–Crippen MR) is 107 cm³/mol. The van der Waals surface area contributed by atoms with Gasteiger partial charge in [0.15, 0.2) is 0 Å². The van der Waals surface area contributed by atoms with Gasteiger partial charge in [0.25, 0.3) is 0 Å². The highest BCUT2D eigenvalue weighted by Crippen LogP contribution is 2.21. The SMILES string of the molecule is CCOC(=O)c1cn(CC)c2nc(NCCN(C)C)c(I)cc2c1=O. The van der Waals surface area contributed by atoms with Crippen molar-refractivity contribution >= 4 is 45.4 Å². The van der Waals surface area contributed by atoms with Gasteiger partial charge >= 0.3 is 5.97 Å². The first-order chi connectivity index (χ1) is 11.9. The molecule has 0 amide bonds. The Balaban J connectivity index is 2.53. The fourth-order valence-corrected chi connectivity index (χ4v) is 3.03. The average Bonchev–Trinajstić information content (AvgIpc) is 2.56. The van der Waals surface area contributed by atoms with Gasteiger partial charge in [-0.05, 0) is 56.6 Å². The van der Waals surface area contributed by atoms with Gasteiger partial charge in [-0.1, -0.05) is 0 Å². The van der Waals surface area contributed by atoms with E-state index in [0.29, 0.717) is 17.6 Å². The van der Waals surface area contributed by atoms with Crippen LogP contribution in [0.4, 0.5) is 5.82 Å². The van der Waals surface area contributed by atoms with Gasteiger partial charge in [0, 0.05) is 25.8 Å². The number of likely N-dealkylation sites (N-methyl/N-ethyl adjacent to an activating group) is 1. The molecule has 0 atom stereocenters. The molecule has 2 heterocycles. The van der Waals surface area contributed by atoms with Crippen LogP contribution in [0.25, 0.3) is 11.0 Å². The fourth-order valence-electron chi connectivity index (χ4n) is 2.40. The van der Waals surface area contributed by atoms with Gasteiger partial charge in [0.05, 0.1) is 15.6 Å². The van der Waals surface area contributed by atoms with Crippen molar-refractivity contribution in [3.8, 4) is 0 Å². The Bertz CT molecular complexity index is 833. The van der Waals surface area contributed by atoms with Gasteiger partial charge in [-0.3, -0.25) is 4.79 Å². The third-order valence-corrected chi connectivity index (χ3v) is 4.51. The first-order valence-corrected chi connectivity index (χ1v) is 9.26. The standard InChI is InChI=1S/C17H23IN4O3/c1-5-22-10-12(17(24)25-6-2)14(23)11-9-13(18)15(20-16(11)22)19-7-8-21(3)4/h9-10H,5-8H2,1-4H3,(H,19,20). The molecule has 0 saturated carbocycles. The first-order valence-electron chi connectivity index (χ1n) is 8.18. The number of aryl methyl sites for hydroxylation is 1. The summed E-state index contributed by atoms with van der Waals surface area (Å²) in [7, 11) is 4.01. The number of carbonyl (C=O) groups is 1. The Hall–Kier alpha value is -1.68. The van der Waals surface area contributed by atoms with E-state index in [0.717, 1.165) is 22.5 Å². The van der Waals surface area contributed by atoms with Crippen molar-refractivity contribution < 1.29 is 9.53 Å². The normalized spacial score (nSPS) is 11.1. The Morgan fingerprint density at radius 2 is 2.12 bits per heavy atom. The number of rotatable bonds is 7. The zero-order chi connectivity index (χ0) is 18.6. The number of nitrogens with zero attached hydrogens (tertiary/aromatic N) is 3. The quantitative estimate of drug-likeness (QED) is 0.507. The molecule has 0 aliphatic carbocycles. The van der Waals surface area contributed by atoms with Crippen LogP contribution in [0, 0.1) is 3.57 Å². The number of fused-ring (bicyclic) bond motifs is 1. The highest BCUT2D eigenvalue weighted by molar-refractivity contribution is 14.1. The van der Waals surface area contributed by atoms with Crippen molar-refractivity contribution in [2.24, 2.45) is 0 Å². The zero-order valence-electron chi connectivity index (χ0n) is 14.9. The zero-order valence-corrected chi connectivity index (χ0v) is 17.1. The number of halogens is 1. The maximum Gasteiger partial charge on any atom is 0.343 e. The van der Waals surface area contributed by atoms with Gasteiger partial charge in [-0.25, -0.2) is 9.78 Å². The van der Waals surface area contributed by atoms with E-state index in [1.807, 2.05) is 21.0 Å². The fraction of sp³-hybridized carbons (Fsp3) is 0.471. The number of hydrogen-bond donors (Lipinski definition) is 1. The molecule has 7 nitrogen and oxygen atoms in total. The van der Waals surface area contributed by atoms with Crippen LogP contribution >= 0.6 is 22.6 Å². The van der Waals surface area contributed by atoms with Crippen LogP contribution in [-0.4, -0.2) is 54.2 Å². The molecule has 8 heteroatoms. The van der Waals surface area contributed by atoms with Crippen LogP contribution in [0.2, 0.25) is 0 Å². The summed E-state index contributed by atoms with van der Waals surface area (Å²) in [6, 6.07) is 1.78. The molecule has 0 fully saturated rings. The van der Waals surface area contributed by atoms with Crippen LogP contribution < -0.4 is 10.7 Å². The van der Waals surface area contributed by atoms with E-state index >= 15 is 0 Å². The van der Waals surface area contributed by atoms with E-state index in [1.165, 1.54) is 6.20 Å². The Morgan fingerprint density at radius 3 is 2.72 bits per heavy atom. The van der Waals surface area contributed by atoms with E-state index < -0.39 is 5.97 Å². The molecule has 2 rings (SSSR count). The lowest BCUT2D eigenvalue weighted by molar-refractivity contribution is 0.0524. The van der Waals surface area contributed by atoms with Crippen molar-refractivity contribution in [3.63, 3.8) is 0 Å². The maximum absolute atomic E-state index is 12.7. The maximum atomic E-state index is 12.7. The monoisotopic (exact) mass is 458 g/mol. The van der Waals surface area contributed by atoms with Gasteiger partial charge in [-0.2, -0.15) is 0 Å². The van der Waals surface area contributed by atoms with E-state index in [4.69, 9.17) is 4.74 Å². The largest absolute Gasteiger partial charge is 0.462 e. The Kier molecular flexibility index (Phi) is 6.77. The smallest absolute Gasteiger partial charge is 0.343 e. The summed E-state index contributed by atoms with van der Waals surface area (Å²) in [6.07, 6.45) is 1.53. The third-order valence-electron chi connectivity index (χ3n) is 3.69. The van der Waals surface area contributed by atoms with Gasteiger partial charge in [0.2, 0.25) is 5.43 Å². The second-order valence-corrected chi connectivity index (χ2v) is 6.96. The summed E-state index contributed by atoms with van der Waals surface area (Å²) in [5.41, 5.74) is 0.263. The predicted octanol–water partition coefficient (Wildman–Crippen LogP) is 2.17. The summed E-state index contributed by atoms with van der Waals surface area (Å²) in [6.45, 7) is 6.10. The molecule has 0 radical (unpaired) electrons. The number of pyridine rings is 2. The summed E-state index contributed by atoms with van der Waals surface area (Å²) in [4.78, 5) is 31.5. The van der Waals surface area contributed by atoms with Crippen molar-refractivity contribution in [2.45, 2.75) is 20.4 Å². The van der Waals surface area contributed by atoms with E-state index in [-0.39, 0.29) is 17.6 Å². The number of ether oxygens (including phenoxy) is 1. The lowest BCUT2D eigenvalue weighted by atomic mass is 10.2. The topological polar surface area (TPSA) is 76.5 Å². The molecule has 0 aliphatic rings. The molecule has 1 N–H and O–H groups in total. The molecule has 2 aromatic rings. The van der Waals surface area contributed by atoms with Crippen LogP contribution in [0.15, 0.2) is 17.1 Å². The van der Waals surface area contributed by atoms with Crippen LogP contribution in [0.3, 0.4) is 0 Å².